The first-order valence-corrected chi connectivity index (χ1v) is 6.90. The molecule has 0 bridgehead atoms. The van der Waals surface area contributed by atoms with E-state index in [0.717, 1.165) is 0 Å². The molecule has 1 amide bonds. The molecule has 22 heavy (non-hydrogen) atoms. The molecule has 1 unspecified atom stereocenters. The summed E-state index contributed by atoms with van der Waals surface area (Å²) in [6.45, 7) is 1.93. The lowest BCUT2D eigenvalue weighted by atomic mass is 10.0. The van der Waals surface area contributed by atoms with Gasteiger partial charge in [-0.2, -0.15) is 0 Å². The zero-order chi connectivity index (χ0) is 15.9. The van der Waals surface area contributed by atoms with E-state index in [2.05, 4.69) is 0 Å². The van der Waals surface area contributed by atoms with Gasteiger partial charge in [-0.15, -0.1) is 0 Å². The summed E-state index contributed by atoms with van der Waals surface area (Å²) in [5.41, 5.74) is 2.51. The third kappa shape index (κ3) is 2.35. The van der Waals surface area contributed by atoms with E-state index in [1.165, 1.54) is 18.2 Å². The van der Waals surface area contributed by atoms with Crippen LogP contribution in [0.1, 0.15) is 34.3 Å². The minimum absolute atomic E-state index is 0.172. The largest absolute Gasteiger partial charge is 0.481 e. The lowest BCUT2D eigenvalue weighted by Crippen LogP contribution is -2.23. The number of halogens is 1. The van der Waals surface area contributed by atoms with Crippen molar-refractivity contribution in [3.8, 4) is 0 Å². The third-order valence-corrected chi connectivity index (χ3v) is 3.95. The number of carbonyl (C=O) groups excluding carboxylic acids is 1. The fourth-order valence-corrected chi connectivity index (χ4v) is 2.58. The Bertz CT molecular complexity index is 755. The predicted octanol–water partition coefficient (Wildman–Crippen LogP) is 3.17. The average Bonchev–Trinajstić information content (AvgIpc) is 2.83. The van der Waals surface area contributed by atoms with Gasteiger partial charge in [0.25, 0.3) is 5.91 Å². The van der Waals surface area contributed by atoms with Gasteiger partial charge in [-0.25, -0.2) is 4.39 Å². The zero-order valence-electron chi connectivity index (χ0n) is 11.9. The van der Waals surface area contributed by atoms with Crippen molar-refractivity contribution in [1.29, 1.82) is 0 Å². The van der Waals surface area contributed by atoms with Gasteiger partial charge >= 0.3 is 5.97 Å². The van der Waals surface area contributed by atoms with Crippen molar-refractivity contribution in [2.45, 2.75) is 19.4 Å². The molecule has 5 heteroatoms. The first kappa shape index (κ1) is 14.3. The van der Waals surface area contributed by atoms with E-state index < -0.39 is 11.9 Å². The maximum Gasteiger partial charge on any atom is 0.310 e. The van der Waals surface area contributed by atoms with Crippen molar-refractivity contribution in [1.82, 2.24) is 0 Å². The number of anilines is 1. The summed E-state index contributed by atoms with van der Waals surface area (Å²) >= 11 is 0. The van der Waals surface area contributed by atoms with Crippen LogP contribution in [0.5, 0.6) is 0 Å². The predicted molar refractivity (Wildman–Crippen MR) is 79.4 cm³/mol. The number of aliphatic carboxylic acids is 1. The topological polar surface area (TPSA) is 57.6 Å². The van der Waals surface area contributed by atoms with Crippen LogP contribution in [0.25, 0.3) is 0 Å². The highest BCUT2D eigenvalue weighted by atomic mass is 19.1. The Morgan fingerprint density at radius 2 is 1.91 bits per heavy atom. The highest BCUT2D eigenvalue weighted by Gasteiger charge is 2.28. The Morgan fingerprint density at radius 1 is 1.23 bits per heavy atom. The summed E-state index contributed by atoms with van der Waals surface area (Å²) in [5.74, 6) is -2.03. The van der Waals surface area contributed by atoms with E-state index in [-0.39, 0.29) is 11.7 Å². The molecule has 3 rings (SSSR count). The summed E-state index contributed by atoms with van der Waals surface area (Å²) < 4.78 is 13.3. The molecular weight excluding hydrogens is 285 g/mol. The molecule has 0 saturated heterocycles. The van der Waals surface area contributed by atoms with Crippen LogP contribution in [0.3, 0.4) is 0 Å². The molecule has 1 aliphatic heterocycles. The SMILES string of the molecule is CC(C(=O)O)c1ccc(N2Cc3cc(F)ccc3C2=O)cc1. The summed E-state index contributed by atoms with van der Waals surface area (Å²) in [4.78, 5) is 24.9. The Labute approximate surface area is 126 Å². The van der Waals surface area contributed by atoms with Crippen LogP contribution in [0.15, 0.2) is 42.5 Å². The quantitative estimate of drug-likeness (QED) is 0.947. The van der Waals surface area contributed by atoms with Crippen molar-refractivity contribution in [2.24, 2.45) is 0 Å². The molecule has 0 fully saturated rings. The van der Waals surface area contributed by atoms with E-state index in [9.17, 15) is 14.0 Å². The number of rotatable bonds is 3. The monoisotopic (exact) mass is 299 g/mol. The number of fused-ring (bicyclic) bond motifs is 1. The van der Waals surface area contributed by atoms with Gasteiger partial charge < -0.3 is 10.0 Å². The molecule has 0 saturated carbocycles. The van der Waals surface area contributed by atoms with Crippen molar-refractivity contribution in [3.63, 3.8) is 0 Å². The molecule has 1 heterocycles. The van der Waals surface area contributed by atoms with Gasteiger partial charge in [0.15, 0.2) is 0 Å². The minimum atomic E-state index is -0.895. The fraction of sp³-hybridized carbons (Fsp3) is 0.176. The van der Waals surface area contributed by atoms with Gasteiger partial charge in [0, 0.05) is 11.3 Å². The molecule has 0 aromatic heterocycles. The standard InChI is InChI=1S/C17H14FNO3/c1-10(17(21)22)11-2-5-14(6-3-11)19-9-12-8-13(18)4-7-15(12)16(19)20/h2-8,10H,9H2,1H3,(H,21,22). The molecule has 1 atom stereocenters. The second kappa shape index (κ2) is 5.26. The van der Waals surface area contributed by atoms with Crippen molar-refractivity contribution >= 4 is 17.6 Å². The van der Waals surface area contributed by atoms with E-state index in [4.69, 9.17) is 5.11 Å². The smallest absolute Gasteiger partial charge is 0.310 e. The summed E-state index contributed by atoms with van der Waals surface area (Å²) in [7, 11) is 0. The summed E-state index contributed by atoms with van der Waals surface area (Å²) in [6.07, 6.45) is 0. The summed E-state index contributed by atoms with van der Waals surface area (Å²) in [6, 6.07) is 11.0. The first-order chi connectivity index (χ1) is 10.5. The Hall–Kier alpha value is -2.69. The van der Waals surface area contributed by atoms with Crippen LogP contribution in [0.2, 0.25) is 0 Å². The van der Waals surface area contributed by atoms with Gasteiger partial charge in [0.1, 0.15) is 5.82 Å². The molecule has 0 aliphatic carbocycles. The van der Waals surface area contributed by atoms with Gasteiger partial charge in [0.05, 0.1) is 12.5 Å². The van der Waals surface area contributed by atoms with Crippen LogP contribution >= 0.6 is 0 Å². The Kier molecular flexibility index (Phi) is 3.41. The van der Waals surface area contributed by atoms with Crippen molar-refractivity contribution < 1.29 is 19.1 Å². The van der Waals surface area contributed by atoms with E-state index >= 15 is 0 Å². The molecule has 4 nitrogen and oxygen atoms in total. The Balaban J connectivity index is 1.87. The molecular formula is C17H14FNO3. The zero-order valence-corrected chi connectivity index (χ0v) is 11.9. The van der Waals surface area contributed by atoms with Gasteiger partial charge in [0.2, 0.25) is 0 Å². The maximum atomic E-state index is 13.3. The average molecular weight is 299 g/mol. The number of hydrogen-bond donors (Lipinski definition) is 1. The number of carboxylic acid groups (broad SMARTS) is 1. The second-order valence-electron chi connectivity index (χ2n) is 5.34. The normalized spacial score (nSPS) is 14.8. The molecule has 0 spiro atoms. The van der Waals surface area contributed by atoms with Crippen LogP contribution in [0, 0.1) is 5.82 Å². The molecule has 2 aromatic rings. The number of amides is 1. The molecule has 2 aromatic carbocycles. The van der Waals surface area contributed by atoms with Crippen LogP contribution < -0.4 is 4.90 Å². The molecule has 0 radical (unpaired) electrons. The van der Waals surface area contributed by atoms with E-state index in [1.54, 1.807) is 36.1 Å². The minimum Gasteiger partial charge on any atom is -0.481 e. The van der Waals surface area contributed by atoms with Crippen molar-refractivity contribution in [3.05, 3.63) is 65.0 Å². The van der Waals surface area contributed by atoms with Gasteiger partial charge in [-0.3, -0.25) is 9.59 Å². The number of hydrogen-bond acceptors (Lipinski definition) is 2. The molecule has 1 N–H and O–H groups in total. The van der Waals surface area contributed by atoms with Crippen LogP contribution in [-0.4, -0.2) is 17.0 Å². The van der Waals surface area contributed by atoms with Crippen LogP contribution in [0.4, 0.5) is 10.1 Å². The molecule has 1 aliphatic rings. The third-order valence-electron chi connectivity index (χ3n) is 3.95. The second-order valence-corrected chi connectivity index (χ2v) is 5.34. The van der Waals surface area contributed by atoms with Gasteiger partial charge in [-0.1, -0.05) is 12.1 Å². The number of carboxylic acids is 1. The van der Waals surface area contributed by atoms with Gasteiger partial charge in [-0.05, 0) is 48.4 Å². The number of benzene rings is 2. The Morgan fingerprint density at radius 3 is 2.55 bits per heavy atom. The number of carbonyl (C=O) groups is 2. The van der Waals surface area contributed by atoms with E-state index in [0.29, 0.717) is 28.9 Å². The molecule has 112 valence electrons. The fourth-order valence-electron chi connectivity index (χ4n) is 2.58. The van der Waals surface area contributed by atoms with Crippen LogP contribution in [-0.2, 0) is 11.3 Å². The first-order valence-electron chi connectivity index (χ1n) is 6.90. The maximum absolute atomic E-state index is 13.3. The van der Waals surface area contributed by atoms with Crippen molar-refractivity contribution in [2.75, 3.05) is 4.90 Å². The lowest BCUT2D eigenvalue weighted by molar-refractivity contribution is -0.138. The summed E-state index contributed by atoms with van der Waals surface area (Å²) in [5, 5.41) is 9.00. The van der Waals surface area contributed by atoms with E-state index in [1.807, 2.05) is 0 Å². The highest BCUT2D eigenvalue weighted by Crippen LogP contribution is 2.29. The lowest BCUT2D eigenvalue weighted by Gasteiger charge is -2.16. The highest BCUT2D eigenvalue weighted by molar-refractivity contribution is 6.10. The number of nitrogens with zero attached hydrogens (tertiary/aromatic N) is 1.